The maximum Gasteiger partial charge on any atom is 0.0788 e. The van der Waals surface area contributed by atoms with E-state index in [1.165, 1.54) is 33.4 Å². The maximum absolute atomic E-state index is 5.44. The lowest BCUT2D eigenvalue weighted by Gasteiger charge is -2.30. The van der Waals surface area contributed by atoms with Crippen molar-refractivity contribution < 1.29 is 0 Å². The number of fused-ring (bicyclic) bond motifs is 7. The average Bonchev–Trinajstić information content (AvgIpc) is 3.90. The van der Waals surface area contributed by atoms with Crippen molar-refractivity contribution in [2.75, 3.05) is 4.90 Å². The first-order chi connectivity index (χ1) is 36.0. The summed E-state index contributed by atoms with van der Waals surface area (Å²) in [6.45, 7) is 4.74. The first kappa shape index (κ1) is 43.7. The van der Waals surface area contributed by atoms with Crippen LogP contribution in [0.15, 0.2) is 273 Å². The van der Waals surface area contributed by atoms with Crippen LogP contribution in [0.4, 0.5) is 17.1 Å². The van der Waals surface area contributed by atoms with Gasteiger partial charge in [-0.05, 0) is 105 Å². The molecule has 0 bridgehead atoms. The highest BCUT2D eigenvalue weighted by Crippen LogP contribution is 2.53. The summed E-state index contributed by atoms with van der Waals surface area (Å²) in [7, 11) is 0. The number of aromatic nitrogens is 2. The summed E-state index contributed by atoms with van der Waals surface area (Å²) >= 11 is 0. The second-order valence-corrected chi connectivity index (χ2v) is 19.5. The lowest BCUT2D eigenvalue weighted by atomic mass is 9.82. The van der Waals surface area contributed by atoms with Gasteiger partial charge in [0.15, 0.2) is 0 Å². The smallest absolute Gasteiger partial charge is 0.0788 e. The van der Waals surface area contributed by atoms with Crippen molar-refractivity contribution in [3.63, 3.8) is 0 Å². The van der Waals surface area contributed by atoms with E-state index in [0.29, 0.717) is 0 Å². The molecule has 0 atom stereocenters. The van der Waals surface area contributed by atoms with Crippen LogP contribution in [-0.2, 0) is 5.41 Å². The van der Waals surface area contributed by atoms with E-state index in [-0.39, 0.29) is 5.41 Å². The quantitative estimate of drug-likeness (QED) is 0.151. The van der Waals surface area contributed by atoms with Crippen molar-refractivity contribution in [1.82, 2.24) is 9.55 Å². The number of pyridine rings is 1. The molecule has 0 aliphatic heterocycles. The molecular formula is C70H51N3. The maximum atomic E-state index is 5.44. The summed E-state index contributed by atoms with van der Waals surface area (Å²) in [5.41, 5.74) is 21.5. The fourth-order valence-electron chi connectivity index (χ4n) is 11.3. The van der Waals surface area contributed by atoms with Gasteiger partial charge in [-0.3, -0.25) is 0 Å². The summed E-state index contributed by atoms with van der Waals surface area (Å²) in [6.07, 6.45) is 0. The number of rotatable bonds is 8. The predicted octanol–water partition coefficient (Wildman–Crippen LogP) is 18.9. The summed E-state index contributed by atoms with van der Waals surface area (Å²) in [6, 6.07) is 98.9. The molecular weight excluding hydrogens is 883 g/mol. The molecule has 3 nitrogen and oxygen atoms in total. The van der Waals surface area contributed by atoms with Gasteiger partial charge < -0.3 is 9.47 Å². The summed E-state index contributed by atoms with van der Waals surface area (Å²) in [4.78, 5) is 7.96. The fourth-order valence-corrected chi connectivity index (χ4v) is 11.3. The molecule has 10 aromatic carbocycles. The molecule has 2 heterocycles. The molecule has 13 rings (SSSR count). The van der Waals surface area contributed by atoms with E-state index in [4.69, 9.17) is 4.98 Å². The Morgan fingerprint density at radius 3 is 1.71 bits per heavy atom. The van der Waals surface area contributed by atoms with E-state index in [1.807, 2.05) is 0 Å². The first-order valence-corrected chi connectivity index (χ1v) is 25.2. The monoisotopic (exact) mass is 933 g/mol. The van der Waals surface area contributed by atoms with E-state index < -0.39 is 0 Å². The molecule has 0 amide bonds. The van der Waals surface area contributed by atoms with Crippen LogP contribution in [0.25, 0.3) is 94.2 Å². The van der Waals surface area contributed by atoms with Gasteiger partial charge in [0.05, 0.1) is 33.6 Å². The SMILES string of the molecule is CC1(C)c2ccccc2-c2ccc(N(c3ccccc3-c3ccc(-c4ccccc4)cc3)c3cccc4c3c3ccc(-c5nc6ccccc6cc5-c5ccccc5)cc3n4-c3ccccccccc3)cc21. The highest BCUT2D eigenvalue weighted by atomic mass is 15.2. The predicted molar refractivity (Wildman–Crippen MR) is 308 cm³/mol. The van der Waals surface area contributed by atoms with Gasteiger partial charge in [-0.2, -0.15) is 0 Å². The van der Waals surface area contributed by atoms with Crippen molar-refractivity contribution in [1.29, 1.82) is 0 Å². The molecule has 1 aliphatic carbocycles. The van der Waals surface area contributed by atoms with E-state index in [0.717, 1.165) is 89.0 Å². The summed E-state index contributed by atoms with van der Waals surface area (Å²) in [5.74, 6) is 0. The Morgan fingerprint density at radius 1 is 0.370 bits per heavy atom. The number of hydrogen-bond donors (Lipinski definition) is 0. The molecule has 12 aromatic rings. The van der Waals surface area contributed by atoms with Crippen LogP contribution in [0.2, 0.25) is 0 Å². The highest BCUT2D eigenvalue weighted by Gasteiger charge is 2.36. The Balaban J connectivity index is 1.09. The van der Waals surface area contributed by atoms with Crippen LogP contribution in [0.5, 0.6) is 0 Å². The molecule has 73 heavy (non-hydrogen) atoms. The lowest BCUT2D eigenvalue weighted by molar-refractivity contribution is 0.660. The van der Waals surface area contributed by atoms with Crippen LogP contribution in [0.1, 0.15) is 25.0 Å². The van der Waals surface area contributed by atoms with Crippen molar-refractivity contribution in [2.24, 2.45) is 0 Å². The molecule has 0 unspecified atom stereocenters. The van der Waals surface area contributed by atoms with Gasteiger partial charge in [0.1, 0.15) is 0 Å². The second-order valence-electron chi connectivity index (χ2n) is 19.5. The minimum atomic E-state index is -0.194. The normalized spacial score (nSPS) is 12.4. The van der Waals surface area contributed by atoms with Gasteiger partial charge in [0.25, 0.3) is 0 Å². The van der Waals surface area contributed by atoms with Crippen molar-refractivity contribution in [2.45, 2.75) is 19.3 Å². The average molecular weight is 934 g/mol. The molecule has 0 saturated carbocycles. The zero-order valence-corrected chi connectivity index (χ0v) is 40.8. The Labute approximate surface area is 426 Å². The minimum absolute atomic E-state index is 0.194. The standard InChI is InChI=1S/C70H51N3/c1-70(2)61-32-19-17-31-57(61)58-44-42-55(47-62(58)70)73(64-34-21-18-30-56(64)51-39-37-49(38-40-51)48-23-10-8-11-24-48)66-36-22-35-65-68(66)59-43-41-53(46-67(59)72(65)54-28-14-6-4-3-5-7-15-29-54)69-60(50-25-12-9-13-26-50)45-52-27-16-20-33-63(52)71-69/h3-47H,1-2H3. The fraction of sp³-hybridized carbons (Fsp3) is 0.0429. The second kappa shape index (κ2) is 18.1. The van der Waals surface area contributed by atoms with E-state index >= 15 is 0 Å². The zero-order valence-electron chi connectivity index (χ0n) is 40.8. The lowest BCUT2D eigenvalue weighted by Crippen LogP contribution is -2.17. The van der Waals surface area contributed by atoms with Crippen LogP contribution < -0.4 is 4.90 Å². The minimum Gasteiger partial charge on any atom is -0.309 e. The van der Waals surface area contributed by atoms with Crippen LogP contribution >= 0.6 is 0 Å². The third-order valence-corrected chi connectivity index (χ3v) is 14.8. The molecule has 0 saturated heterocycles. The van der Waals surface area contributed by atoms with Gasteiger partial charge in [-0.15, -0.1) is 0 Å². The topological polar surface area (TPSA) is 21.1 Å². The number of para-hydroxylation sites is 2. The largest absolute Gasteiger partial charge is 0.309 e. The van der Waals surface area contributed by atoms with Crippen molar-refractivity contribution in [3.05, 3.63) is 284 Å². The number of hydrogen-bond acceptors (Lipinski definition) is 2. The third-order valence-electron chi connectivity index (χ3n) is 14.8. The molecule has 346 valence electrons. The number of anilines is 3. The Kier molecular flexibility index (Phi) is 10.9. The van der Waals surface area contributed by atoms with Gasteiger partial charge in [0.2, 0.25) is 0 Å². The molecule has 0 fully saturated rings. The van der Waals surface area contributed by atoms with Gasteiger partial charge in [-0.1, -0.05) is 226 Å². The van der Waals surface area contributed by atoms with E-state index in [2.05, 4.69) is 296 Å². The van der Waals surface area contributed by atoms with Crippen LogP contribution in [-0.4, -0.2) is 9.55 Å². The summed E-state index contributed by atoms with van der Waals surface area (Å²) < 4.78 is 2.44. The van der Waals surface area contributed by atoms with Gasteiger partial charge in [-0.25, -0.2) is 4.98 Å². The van der Waals surface area contributed by atoms with Crippen LogP contribution in [0, 0.1) is 0 Å². The van der Waals surface area contributed by atoms with E-state index in [9.17, 15) is 0 Å². The van der Waals surface area contributed by atoms with Crippen LogP contribution in [0.3, 0.4) is 0 Å². The molecule has 2 aromatic heterocycles. The zero-order chi connectivity index (χ0) is 48.9. The Bertz CT molecular complexity index is 4090. The molecule has 3 heteroatoms. The van der Waals surface area contributed by atoms with Gasteiger partial charge in [0, 0.05) is 49.6 Å². The highest BCUT2D eigenvalue weighted by molar-refractivity contribution is 6.18. The molecule has 1 aliphatic rings. The Morgan fingerprint density at radius 2 is 0.932 bits per heavy atom. The van der Waals surface area contributed by atoms with Gasteiger partial charge >= 0.3 is 0 Å². The molecule has 0 N–H and O–H groups in total. The van der Waals surface area contributed by atoms with E-state index in [1.54, 1.807) is 0 Å². The number of benzene rings is 9. The first-order valence-electron chi connectivity index (χ1n) is 25.2. The number of nitrogens with zero attached hydrogens (tertiary/aromatic N) is 3. The van der Waals surface area contributed by atoms with Crippen molar-refractivity contribution in [3.8, 4) is 61.5 Å². The molecule has 0 spiro atoms. The van der Waals surface area contributed by atoms with Crippen molar-refractivity contribution >= 4 is 49.8 Å². The Hall–Kier alpha value is -9.31. The third kappa shape index (κ3) is 7.65. The molecule has 0 radical (unpaired) electrons. The summed E-state index contributed by atoms with van der Waals surface area (Å²) in [5, 5.41) is 3.41.